The van der Waals surface area contributed by atoms with Crippen LogP contribution >= 0.6 is 0 Å². The topological polar surface area (TPSA) is 41.5 Å². The molecule has 0 spiro atoms. The first-order valence-corrected chi connectivity index (χ1v) is 6.28. The lowest BCUT2D eigenvalue weighted by Crippen LogP contribution is -2.56. The first kappa shape index (κ1) is 10.9. The zero-order valence-electron chi connectivity index (χ0n) is 10.4. The van der Waals surface area contributed by atoms with Gasteiger partial charge in [-0.15, -0.1) is 0 Å². The summed E-state index contributed by atoms with van der Waals surface area (Å²) in [7, 11) is 0. The lowest BCUT2D eigenvalue weighted by molar-refractivity contribution is -0.0510. The van der Waals surface area contributed by atoms with Gasteiger partial charge in [-0.3, -0.25) is 0 Å². The van der Waals surface area contributed by atoms with Crippen molar-refractivity contribution < 1.29 is 9.84 Å². The summed E-state index contributed by atoms with van der Waals surface area (Å²) >= 11 is 0. The fourth-order valence-electron chi connectivity index (χ4n) is 2.62. The summed E-state index contributed by atoms with van der Waals surface area (Å²) in [6.45, 7) is 5.01. The Kier molecular flexibility index (Phi) is 2.33. The molecule has 1 heterocycles. The second-order valence-corrected chi connectivity index (χ2v) is 5.69. The van der Waals surface area contributed by atoms with E-state index in [9.17, 15) is 5.11 Å². The van der Waals surface area contributed by atoms with Crippen LogP contribution in [0.2, 0.25) is 0 Å². The Labute approximate surface area is 102 Å². The minimum absolute atomic E-state index is 0.0322. The van der Waals surface area contributed by atoms with Gasteiger partial charge in [0.15, 0.2) is 0 Å². The minimum atomic E-state index is -0.183. The smallest absolute Gasteiger partial charge is 0.122 e. The number of aliphatic hydroxyl groups excluding tert-OH is 1. The average Bonchev–Trinajstić information content (AvgIpc) is 2.76. The van der Waals surface area contributed by atoms with E-state index in [2.05, 4.69) is 31.3 Å². The van der Waals surface area contributed by atoms with Crippen LogP contribution in [0.4, 0.5) is 5.69 Å². The summed E-state index contributed by atoms with van der Waals surface area (Å²) in [5.74, 6) is 1.02. The van der Waals surface area contributed by atoms with Gasteiger partial charge < -0.3 is 15.2 Å². The number of benzene rings is 1. The van der Waals surface area contributed by atoms with Crippen LogP contribution in [0.15, 0.2) is 18.2 Å². The Balaban J connectivity index is 1.74. The summed E-state index contributed by atoms with van der Waals surface area (Å²) in [5.41, 5.74) is 2.39. The fourth-order valence-corrected chi connectivity index (χ4v) is 2.62. The Bertz CT molecular complexity index is 442. The molecule has 0 aromatic heterocycles. The number of fused-ring (bicyclic) bond motifs is 1. The second kappa shape index (κ2) is 3.64. The lowest BCUT2D eigenvalue weighted by atomic mass is 9.64. The predicted molar refractivity (Wildman–Crippen MR) is 67.5 cm³/mol. The monoisotopic (exact) mass is 233 g/mol. The molecular formula is C14H19NO2. The molecule has 1 fully saturated rings. The van der Waals surface area contributed by atoms with Crippen LogP contribution in [0.25, 0.3) is 0 Å². The zero-order chi connectivity index (χ0) is 12.0. The largest absolute Gasteiger partial charge is 0.493 e. The van der Waals surface area contributed by atoms with Gasteiger partial charge in [0, 0.05) is 23.6 Å². The van der Waals surface area contributed by atoms with Crippen LogP contribution in [0.1, 0.15) is 25.8 Å². The first-order chi connectivity index (χ1) is 8.07. The second-order valence-electron chi connectivity index (χ2n) is 5.69. The standard InChI is InChI=1S/C14H19NO2/c1-14(2)12(8-13(14)16)15-10-3-4-11-9(7-10)5-6-17-11/h3-4,7,12-13,15-16H,5-6,8H2,1-2H3. The Hall–Kier alpha value is -1.22. The van der Waals surface area contributed by atoms with E-state index in [1.807, 2.05) is 6.07 Å². The molecule has 3 heteroatoms. The quantitative estimate of drug-likeness (QED) is 0.822. The summed E-state index contributed by atoms with van der Waals surface area (Å²) in [4.78, 5) is 0. The van der Waals surface area contributed by atoms with E-state index in [4.69, 9.17) is 4.74 Å². The highest BCUT2D eigenvalue weighted by Gasteiger charge is 2.47. The number of nitrogens with one attached hydrogen (secondary N) is 1. The van der Waals surface area contributed by atoms with Crippen molar-refractivity contribution in [2.75, 3.05) is 11.9 Å². The lowest BCUT2D eigenvalue weighted by Gasteiger charge is -2.49. The van der Waals surface area contributed by atoms with E-state index < -0.39 is 0 Å². The highest BCUT2D eigenvalue weighted by atomic mass is 16.5. The molecule has 0 radical (unpaired) electrons. The van der Waals surface area contributed by atoms with Gasteiger partial charge in [-0.05, 0) is 30.2 Å². The van der Waals surface area contributed by atoms with E-state index >= 15 is 0 Å². The van der Waals surface area contributed by atoms with Crippen LogP contribution in [-0.2, 0) is 6.42 Å². The first-order valence-electron chi connectivity index (χ1n) is 6.28. The summed E-state index contributed by atoms with van der Waals surface area (Å²) in [6, 6.07) is 6.62. The normalized spacial score (nSPS) is 29.1. The molecule has 92 valence electrons. The van der Waals surface area contributed by atoms with Gasteiger partial charge in [0.25, 0.3) is 0 Å². The van der Waals surface area contributed by atoms with Crippen molar-refractivity contribution in [3.63, 3.8) is 0 Å². The van der Waals surface area contributed by atoms with Gasteiger partial charge in [-0.25, -0.2) is 0 Å². The molecule has 1 aliphatic carbocycles. The third-order valence-electron chi connectivity index (χ3n) is 4.25. The number of ether oxygens (including phenoxy) is 1. The van der Waals surface area contributed by atoms with Crippen LogP contribution in [-0.4, -0.2) is 23.9 Å². The third-order valence-corrected chi connectivity index (χ3v) is 4.25. The molecule has 2 unspecified atom stereocenters. The molecule has 1 aromatic carbocycles. The van der Waals surface area contributed by atoms with Gasteiger partial charge in [0.05, 0.1) is 12.7 Å². The SMILES string of the molecule is CC1(C)C(O)CC1Nc1ccc2c(c1)CCO2. The van der Waals surface area contributed by atoms with E-state index in [0.717, 1.165) is 30.9 Å². The molecule has 2 N–H and O–H groups in total. The predicted octanol–water partition coefficient (Wildman–Crippen LogP) is 2.19. The Morgan fingerprint density at radius 1 is 1.41 bits per heavy atom. The zero-order valence-corrected chi connectivity index (χ0v) is 10.4. The number of hydrogen-bond donors (Lipinski definition) is 2. The van der Waals surface area contributed by atoms with Gasteiger partial charge in [-0.1, -0.05) is 13.8 Å². The molecule has 2 aliphatic rings. The van der Waals surface area contributed by atoms with Crippen molar-refractivity contribution in [3.8, 4) is 5.75 Å². The highest BCUT2D eigenvalue weighted by Crippen LogP contribution is 2.42. The van der Waals surface area contributed by atoms with Crippen molar-refractivity contribution >= 4 is 5.69 Å². The molecular weight excluding hydrogens is 214 g/mol. The highest BCUT2D eigenvalue weighted by molar-refractivity contribution is 5.53. The number of anilines is 1. The molecule has 0 saturated heterocycles. The number of hydrogen-bond acceptors (Lipinski definition) is 3. The molecule has 17 heavy (non-hydrogen) atoms. The maximum atomic E-state index is 9.72. The maximum Gasteiger partial charge on any atom is 0.122 e. The van der Waals surface area contributed by atoms with Gasteiger partial charge >= 0.3 is 0 Å². The van der Waals surface area contributed by atoms with Crippen LogP contribution in [0.5, 0.6) is 5.75 Å². The van der Waals surface area contributed by atoms with Crippen molar-refractivity contribution in [2.24, 2.45) is 5.41 Å². The summed E-state index contributed by atoms with van der Waals surface area (Å²) < 4.78 is 5.49. The molecule has 1 aromatic rings. The van der Waals surface area contributed by atoms with E-state index in [-0.39, 0.29) is 11.5 Å². The average molecular weight is 233 g/mol. The van der Waals surface area contributed by atoms with Crippen molar-refractivity contribution in [1.29, 1.82) is 0 Å². The molecule has 3 rings (SSSR count). The van der Waals surface area contributed by atoms with Gasteiger partial charge in [0.1, 0.15) is 5.75 Å². The van der Waals surface area contributed by atoms with Gasteiger partial charge in [-0.2, -0.15) is 0 Å². The van der Waals surface area contributed by atoms with E-state index in [1.165, 1.54) is 5.56 Å². The van der Waals surface area contributed by atoms with Crippen LogP contribution < -0.4 is 10.1 Å². The summed E-state index contributed by atoms with van der Waals surface area (Å²) in [5, 5.41) is 13.2. The molecule has 2 atom stereocenters. The summed E-state index contributed by atoms with van der Waals surface area (Å²) in [6.07, 6.45) is 1.65. The number of rotatable bonds is 2. The minimum Gasteiger partial charge on any atom is -0.493 e. The Morgan fingerprint density at radius 2 is 2.24 bits per heavy atom. The van der Waals surface area contributed by atoms with Crippen molar-refractivity contribution in [3.05, 3.63) is 23.8 Å². The van der Waals surface area contributed by atoms with Crippen molar-refractivity contribution in [1.82, 2.24) is 0 Å². The molecule has 3 nitrogen and oxygen atoms in total. The third kappa shape index (κ3) is 1.69. The molecule has 1 saturated carbocycles. The Morgan fingerprint density at radius 3 is 2.94 bits per heavy atom. The fraction of sp³-hybridized carbons (Fsp3) is 0.571. The van der Waals surface area contributed by atoms with Crippen LogP contribution in [0, 0.1) is 5.41 Å². The molecule has 1 aliphatic heterocycles. The molecule has 0 bridgehead atoms. The molecule has 0 amide bonds. The van der Waals surface area contributed by atoms with E-state index in [1.54, 1.807) is 0 Å². The van der Waals surface area contributed by atoms with Crippen molar-refractivity contribution in [2.45, 2.75) is 38.8 Å². The van der Waals surface area contributed by atoms with E-state index in [0.29, 0.717) is 6.04 Å². The number of aliphatic hydroxyl groups is 1. The van der Waals surface area contributed by atoms with Crippen LogP contribution in [0.3, 0.4) is 0 Å². The van der Waals surface area contributed by atoms with Gasteiger partial charge in [0.2, 0.25) is 0 Å². The maximum absolute atomic E-state index is 9.72.